The summed E-state index contributed by atoms with van der Waals surface area (Å²) in [6, 6.07) is 1.20. The maximum absolute atomic E-state index is 11.8. The molecule has 65 valence electrons. The summed E-state index contributed by atoms with van der Waals surface area (Å²) in [6.45, 7) is 0. The second-order valence-electron chi connectivity index (χ2n) is 2.08. The monoisotopic (exact) mass is 194 g/mol. The summed E-state index contributed by atoms with van der Waals surface area (Å²) < 4.78 is 35.4. The Morgan fingerprint density at radius 1 is 1.42 bits per heavy atom. The van der Waals surface area contributed by atoms with Crippen molar-refractivity contribution in [1.82, 2.24) is 4.98 Å². The first-order valence-corrected chi connectivity index (χ1v) is 3.39. The highest BCUT2D eigenvalue weighted by atomic mass is 35.5. The molecule has 0 saturated carbocycles. The molecule has 1 heterocycles. The molecule has 0 N–H and O–H groups in total. The number of hydrogen-bond donors (Lipinski definition) is 0. The van der Waals surface area contributed by atoms with E-state index < -0.39 is 6.18 Å². The summed E-state index contributed by atoms with van der Waals surface area (Å²) in [5.41, 5.74) is -0.0702. The van der Waals surface area contributed by atoms with Crippen molar-refractivity contribution in [2.24, 2.45) is 0 Å². The Bertz CT molecular complexity index is 272. The molecule has 0 aliphatic rings. The average Bonchev–Trinajstić information content (AvgIpc) is 1.91. The molecule has 1 aromatic heterocycles. The van der Waals surface area contributed by atoms with Gasteiger partial charge in [-0.25, -0.2) is 0 Å². The SMILES string of the molecule is FC(F)(F)[CH]c1ccncc1Cl. The van der Waals surface area contributed by atoms with Crippen molar-refractivity contribution < 1.29 is 13.2 Å². The van der Waals surface area contributed by atoms with Crippen LogP contribution in [0.1, 0.15) is 5.56 Å². The molecule has 0 aliphatic heterocycles. The fourth-order valence-corrected chi connectivity index (χ4v) is 0.853. The van der Waals surface area contributed by atoms with Gasteiger partial charge < -0.3 is 0 Å². The number of pyridine rings is 1. The average molecular weight is 195 g/mol. The first kappa shape index (κ1) is 9.32. The van der Waals surface area contributed by atoms with Gasteiger partial charge in [0.05, 0.1) is 11.4 Å². The van der Waals surface area contributed by atoms with E-state index in [1.54, 1.807) is 0 Å². The van der Waals surface area contributed by atoms with Gasteiger partial charge in [-0.05, 0) is 11.6 Å². The van der Waals surface area contributed by atoms with Gasteiger partial charge in [0.1, 0.15) is 0 Å². The maximum atomic E-state index is 11.8. The topological polar surface area (TPSA) is 12.9 Å². The van der Waals surface area contributed by atoms with Crippen LogP contribution in [0.3, 0.4) is 0 Å². The van der Waals surface area contributed by atoms with Crippen LogP contribution in [0.2, 0.25) is 5.02 Å². The molecule has 1 rings (SSSR count). The van der Waals surface area contributed by atoms with Gasteiger partial charge in [-0.2, -0.15) is 13.2 Å². The number of hydrogen-bond acceptors (Lipinski definition) is 1. The Kier molecular flexibility index (Phi) is 2.57. The minimum atomic E-state index is -4.34. The zero-order chi connectivity index (χ0) is 9.19. The summed E-state index contributed by atoms with van der Waals surface area (Å²) in [4.78, 5) is 3.56. The summed E-state index contributed by atoms with van der Waals surface area (Å²) in [5, 5.41) is -0.00479. The van der Waals surface area contributed by atoms with Crippen LogP contribution in [0.5, 0.6) is 0 Å². The molecule has 1 aromatic rings. The van der Waals surface area contributed by atoms with Crippen molar-refractivity contribution in [2.75, 3.05) is 0 Å². The lowest BCUT2D eigenvalue weighted by molar-refractivity contribution is -0.0927. The van der Waals surface area contributed by atoms with E-state index >= 15 is 0 Å². The van der Waals surface area contributed by atoms with Crippen molar-refractivity contribution in [3.8, 4) is 0 Å². The van der Waals surface area contributed by atoms with E-state index in [4.69, 9.17) is 11.6 Å². The molecular formula is C7H4ClF3N. The molecule has 12 heavy (non-hydrogen) atoms. The lowest BCUT2D eigenvalue weighted by Gasteiger charge is -2.05. The first-order valence-electron chi connectivity index (χ1n) is 3.01. The first-order chi connectivity index (χ1) is 5.49. The lowest BCUT2D eigenvalue weighted by Crippen LogP contribution is -2.09. The Morgan fingerprint density at radius 3 is 2.58 bits per heavy atom. The molecule has 0 amide bonds. The zero-order valence-corrected chi connectivity index (χ0v) is 6.52. The van der Waals surface area contributed by atoms with E-state index in [0.29, 0.717) is 0 Å². The molecule has 0 fully saturated rings. The van der Waals surface area contributed by atoms with Crippen molar-refractivity contribution in [2.45, 2.75) is 6.18 Å². The van der Waals surface area contributed by atoms with Gasteiger partial charge >= 0.3 is 6.18 Å². The van der Waals surface area contributed by atoms with Crippen molar-refractivity contribution >= 4 is 11.6 Å². The molecule has 0 spiro atoms. The van der Waals surface area contributed by atoms with E-state index in [1.165, 1.54) is 18.5 Å². The standard InChI is InChI=1S/C7H4ClF3N/c8-6-4-12-2-1-5(6)3-7(9,10)11/h1-4H. The minimum Gasteiger partial charge on any atom is -0.263 e. The molecule has 0 atom stereocenters. The van der Waals surface area contributed by atoms with Crippen LogP contribution in [-0.2, 0) is 0 Å². The Labute approximate surface area is 72.2 Å². The Balaban J connectivity index is 2.83. The summed E-state index contributed by atoms with van der Waals surface area (Å²) in [5.74, 6) is 0. The van der Waals surface area contributed by atoms with E-state index in [1.807, 2.05) is 0 Å². The third kappa shape index (κ3) is 2.70. The van der Waals surface area contributed by atoms with E-state index in [-0.39, 0.29) is 17.0 Å². The minimum absolute atomic E-state index is 0.00479. The maximum Gasteiger partial charge on any atom is 0.396 e. The summed E-state index contributed by atoms with van der Waals surface area (Å²) in [6.07, 6.45) is -1.79. The van der Waals surface area contributed by atoms with Crippen LogP contribution in [-0.4, -0.2) is 11.2 Å². The molecule has 0 aliphatic carbocycles. The fourth-order valence-electron chi connectivity index (χ4n) is 0.679. The van der Waals surface area contributed by atoms with Crippen molar-refractivity contribution in [3.05, 3.63) is 35.5 Å². The van der Waals surface area contributed by atoms with Gasteiger partial charge in [-0.1, -0.05) is 11.6 Å². The van der Waals surface area contributed by atoms with Crippen LogP contribution in [0.25, 0.3) is 0 Å². The smallest absolute Gasteiger partial charge is 0.263 e. The molecule has 0 saturated heterocycles. The van der Waals surface area contributed by atoms with Gasteiger partial charge in [-0.15, -0.1) is 0 Å². The Hall–Kier alpha value is -0.770. The highest BCUT2D eigenvalue weighted by molar-refractivity contribution is 6.31. The van der Waals surface area contributed by atoms with E-state index in [9.17, 15) is 13.2 Å². The van der Waals surface area contributed by atoms with Crippen LogP contribution < -0.4 is 0 Å². The quantitative estimate of drug-likeness (QED) is 0.670. The number of aromatic nitrogens is 1. The predicted molar refractivity (Wildman–Crippen MR) is 38.7 cm³/mol. The number of alkyl halides is 3. The molecule has 0 unspecified atom stereocenters. The van der Waals surface area contributed by atoms with Crippen LogP contribution in [0, 0.1) is 6.42 Å². The van der Waals surface area contributed by atoms with Gasteiger partial charge in [0.25, 0.3) is 0 Å². The second kappa shape index (κ2) is 3.31. The molecule has 1 radical (unpaired) electrons. The van der Waals surface area contributed by atoms with Crippen LogP contribution in [0.4, 0.5) is 13.2 Å². The van der Waals surface area contributed by atoms with Gasteiger partial charge in [0, 0.05) is 12.4 Å². The Morgan fingerprint density at radius 2 is 2.08 bits per heavy atom. The normalized spacial score (nSPS) is 11.7. The molecule has 0 bridgehead atoms. The lowest BCUT2D eigenvalue weighted by atomic mass is 10.2. The number of nitrogens with zero attached hydrogens (tertiary/aromatic N) is 1. The highest BCUT2D eigenvalue weighted by Gasteiger charge is 2.29. The van der Waals surface area contributed by atoms with Gasteiger partial charge in [0.2, 0.25) is 0 Å². The van der Waals surface area contributed by atoms with E-state index in [2.05, 4.69) is 4.98 Å². The van der Waals surface area contributed by atoms with E-state index in [0.717, 1.165) is 0 Å². The number of rotatable bonds is 1. The van der Waals surface area contributed by atoms with Crippen LogP contribution in [0.15, 0.2) is 18.5 Å². The fraction of sp³-hybridized carbons (Fsp3) is 0.143. The predicted octanol–water partition coefficient (Wildman–Crippen LogP) is 2.85. The molecule has 1 nitrogen and oxygen atoms in total. The largest absolute Gasteiger partial charge is 0.396 e. The third-order valence-corrected chi connectivity index (χ3v) is 1.44. The second-order valence-corrected chi connectivity index (χ2v) is 2.49. The third-order valence-electron chi connectivity index (χ3n) is 1.12. The number of halogens is 4. The van der Waals surface area contributed by atoms with Crippen molar-refractivity contribution in [1.29, 1.82) is 0 Å². The molecule has 0 aromatic carbocycles. The zero-order valence-electron chi connectivity index (χ0n) is 5.77. The molecule has 5 heteroatoms. The van der Waals surface area contributed by atoms with Crippen molar-refractivity contribution in [3.63, 3.8) is 0 Å². The summed E-state index contributed by atoms with van der Waals surface area (Å²) >= 11 is 5.44. The highest BCUT2D eigenvalue weighted by Crippen LogP contribution is 2.26. The molecular weight excluding hydrogens is 191 g/mol. The summed E-state index contributed by atoms with van der Waals surface area (Å²) in [7, 11) is 0. The van der Waals surface area contributed by atoms with Gasteiger partial charge in [-0.3, -0.25) is 4.98 Å². The van der Waals surface area contributed by atoms with Crippen LogP contribution >= 0.6 is 11.6 Å². The van der Waals surface area contributed by atoms with Gasteiger partial charge in [0.15, 0.2) is 0 Å².